The average molecular weight is 144 g/mol. The van der Waals surface area contributed by atoms with Gasteiger partial charge < -0.3 is 0 Å². The molecule has 0 aromatic heterocycles. The standard InChI is InChI=1S/C6H6F2N2/c1-2-4-5(6(7)8)10-3-9-4/h2,6H,1,3H2. The monoisotopic (exact) mass is 144 g/mol. The minimum Gasteiger partial charge on any atom is -0.260 e. The van der Waals surface area contributed by atoms with Gasteiger partial charge in [-0.3, -0.25) is 9.98 Å². The van der Waals surface area contributed by atoms with Gasteiger partial charge in [0, 0.05) is 0 Å². The van der Waals surface area contributed by atoms with Crippen LogP contribution in [-0.4, -0.2) is 24.5 Å². The van der Waals surface area contributed by atoms with Gasteiger partial charge >= 0.3 is 0 Å². The zero-order valence-electron chi connectivity index (χ0n) is 5.22. The lowest BCUT2D eigenvalue weighted by Crippen LogP contribution is -2.17. The van der Waals surface area contributed by atoms with Gasteiger partial charge in [0.2, 0.25) is 0 Å². The Morgan fingerprint density at radius 2 is 2.20 bits per heavy atom. The van der Waals surface area contributed by atoms with Crippen molar-refractivity contribution in [2.45, 2.75) is 6.43 Å². The fourth-order valence-corrected chi connectivity index (χ4v) is 0.700. The molecule has 10 heavy (non-hydrogen) atoms. The Hall–Kier alpha value is -1.06. The summed E-state index contributed by atoms with van der Waals surface area (Å²) < 4.78 is 23.8. The van der Waals surface area contributed by atoms with E-state index < -0.39 is 6.43 Å². The Kier molecular flexibility index (Phi) is 1.89. The first-order valence-electron chi connectivity index (χ1n) is 2.75. The summed E-state index contributed by atoms with van der Waals surface area (Å²) >= 11 is 0. The van der Waals surface area contributed by atoms with Gasteiger partial charge in [0.25, 0.3) is 6.43 Å². The van der Waals surface area contributed by atoms with E-state index in [1.807, 2.05) is 0 Å². The van der Waals surface area contributed by atoms with Crippen LogP contribution in [0.25, 0.3) is 0 Å². The summed E-state index contributed by atoms with van der Waals surface area (Å²) in [5, 5.41) is 0. The fourth-order valence-electron chi connectivity index (χ4n) is 0.700. The molecule has 0 aromatic rings. The Morgan fingerprint density at radius 3 is 2.60 bits per heavy atom. The minimum atomic E-state index is -2.53. The predicted octanol–water partition coefficient (Wildman–Crippen LogP) is 1.29. The van der Waals surface area contributed by atoms with E-state index in [0.717, 1.165) is 0 Å². The van der Waals surface area contributed by atoms with Crippen molar-refractivity contribution in [2.24, 2.45) is 9.98 Å². The molecule has 0 bridgehead atoms. The highest BCUT2D eigenvalue weighted by molar-refractivity contribution is 6.48. The van der Waals surface area contributed by atoms with Crippen molar-refractivity contribution in [2.75, 3.05) is 6.67 Å². The van der Waals surface area contributed by atoms with Crippen LogP contribution in [0.1, 0.15) is 0 Å². The fraction of sp³-hybridized carbons (Fsp3) is 0.333. The number of hydrogen-bond acceptors (Lipinski definition) is 2. The van der Waals surface area contributed by atoms with Gasteiger partial charge in [-0.2, -0.15) is 0 Å². The molecule has 54 valence electrons. The molecule has 1 rings (SSSR count). The topological polar surface area (TPSA) is 24.7 Å². The van der Waals surface area contributed by atoms with Crippen molar-refractivity contribution in [3.63, 3.8) is 0 Å². The van der Waals surface area contributed by atoms with Crippen molar-refractivity contribution in [3.05, 3.63) is 12.7 Å². The third-order valence-electron chi connectivity index (χ3n) is 1.14. The van der Waals surface area contributed by atoms with Crippen molar-refractivity contribution < 1.29 is 8.78 Å². The summed E-state index contributed by atoms with van der Waals surface area (Å²) in [6, 6.07) is 0. The molecule has 0 saturated heterocycles. The molecule has 0 aliphatic carbocycles. The summed E-state index contributed by atoms with van der Waals surface area (Å²) in [6.07, 6.45) is -1.24. The SMILES string of the molecule is C=CC1=NCN=C1C(F)F. The molecule has 0 N–H and O–H groups in total. The molecule has 0 spiro atoms. The zero-order valence-corrected chi connectivity index (χ0v) is 5.22. The maximum Gasteiger partial charge on any atom is 0.282 e. The van der Waals surface area contributed by atoms with Crippen molar-refractivity contribution in [1.29, 1.82) is 0 Å². The van der Waals surface area contributed by atoms with Crippen molar-refractivity contribution in [1.82, 2.24) is 0 Å². The third-order valence-corrected chi connectivity index (χ3v) is 1.14. The largest absolute Gasteiger partial charge is 0.282 e. The Labute approximate surface area is 57.0 Å². The van der Waals surface area contributed by atoms with E-state index in [2.05, 4.69) is 16.6 Å². The lowest BCUT2D eigenvalue weighted by molar-refractivity contribution is 0.228. The van der Waals surface area contributed by atoms with E-state index >= 15 is 0 Å². The molecule has 2 nitrogen and oxygen atoms in total. The molecular formula is C6H6F2N2. The highest BCUT2D eigenvalue weighted by Gasteiger charge is 2.19. The smallest absolute Gasteiger partial charge is 0.260 e. The first-order chi connectivity index (χ1) is 4.75. The maximum absolute atomic E-state index is 11.9. The number of hydrogen-bond donors (Lipinski definition) is 0. The van der Waals surface area contributed by atoms with Crippen LogP contribution in [0.5, 0.6) is 0 Å². The lowest BCUT2D eigenvalue weighted by atomic mass is 10.2. The maximum atomic E-state index is 11.9. The van der Waals surface area contributed by atoms with Gasteiger partial charge in [-0.05, 0) is 6.08 Å². The number of allylic oxidation sites excluding steroid dienone is 1. The summed E-state index contributed by atoms with van der Waals surface area (Å²) in [5.41, 5.74) is -0.0231. The van der Waals surface area contributed by atoms with Crippen LogP contribution in [-0.2, 0) is 0 Å². The zero-order chi connectivity index (χ0) is 7.56. The average Bonchev–Trinajstić information content (AvgIpc) is 2.33. The number of aliphatic imine (C=N–C) groups is 2. The van der Waals surface area contributed by atoms with Crippen LogP contribution >= 0.6 is 0 Å². The van der Waals surface area contributed by atoms with Gasteiger partial charge in [-0.15, -0.1) is 0 Å². The molecule has 0 atom stereocenters. The van der Waals surface area contributed by atoms with E-state index in [1.54, 1.807) is 0 Å². The highest BCUT2D eigenvalue weighted by atomic mass is 19.3. The molecule has 0 saturated carbocycles. The number of rotatable bonds is 2. The Bertz CT molecular complexity index is 206. The van der Waals surface area contributed by atoms with E-state index in [-0.39, 0.29) is 18.1 Å². The summed E-state index contributed by atoms with van der Waals surface area (Å²) in [5.74, 6) is 0. The second-order valence-electron chi connectivity index (χ2n) is 1.73. The highest BCUT2D eigenvalue weighted by Crippen LogP contribution is 2.05. The molecule has 0 aromatic carbocycles. The quantitative estimate of drug-likeness (QED) is 0.558. The molecule has 0 amide bonds. The second kappa shape index (κ2) is 2.68. The van der Waals surface area contributed by atoms with Gasteiger partial charge in [-0.1, -0.05) is 6.58 Å². The van der Waals surface area contributed by atoms with E-state index in [9.17, 15) is 8.78 Å². The molecule has 0 radical (unpaired) electrons. The molecule has 0 unspecified atom stereocenters. The van der Waals surface area contributed by atoms with Crippen LogP contribution in [0.15, 0.2) is 22.6 Å². The third kappa shape index (κ3) is 1.10. The predicted molar refractivity (Wildman–Crippen MR) is 35.9 cm³/mol. The molecule has 4 heteroatoms. The minimum absolute atomic E-state index is 0.112. The van der Waals surface area contributed by atoms with Gasteiger partial charge in [0.15, 0.2) is 0 Å². The summed E-state index contributed by atoms with van der Waals surface area (Å²) in [4.78, 5) is 7.15. The van der Waals surface area contributed by atoms with Gasteiger partial charge in [0.05, 0.1) is 5.71 Å². The van der Waals surface area contributed by atoms with E-state index in [0.29, 0.717) is 0 Å². The second-order valence-corrected chi connectivity index (χ2v) is 1.73. The number of halogens is 2. The molecule has 1 aliphatic heterocycles. The first-order valence-corrected chi connectivity index (χ1v) is 2.75. The van der Waals surface area contributed by atoms with Crippen molar-refractivity contribution in [3.8, 4) is 0 Å². The van der Waals surface area contributed by atoms with Crippen LogP contribution in [0.3, 0.4) is 0 Å². The van der Waals surface area contributed by atoms with Crippen LogP contribution in [0.4, 0.5) is 8.78 Å². The molecular weight excluding hydrogens is 138 g/mol. The van der Waals surface area contributed by atoms with Crippen molar-refractivity contribution >= 4 is 11.4 Å². The van der Waals surface area contributed by atoms with Gasteiger partial charge in [0.1, 0.15) is 12.4 Å². The van der Waals surface area contributed by atoms with Crippen LogP contribution < -0.4 is 0 Å². The van der Waals surface area contributed by atoms with E-state index in [4.69, 9.17) is 0 Å². The van der Waals surface area contributed by atoms with E-state index in [1.165, 1.54) is 6.08 Å². The lowest BCUT2D eigenvalue weighted by Gasteiger charge is -1.96. The first kappa shape index (κ1) is 7.05. The molecule has 1 heterocycles. The van der Waals surface area contributed by atoms with Crippen LogP contribution in [0, 0.1) is 0 Å². The normalized spacial score (nSPS) is 17.1. The molecule has 1 aliphatic rings. The van der Waals surface area contributed by atoms with Gasteiger partial charge in [-0.25, -0.2) is 8.78 Å². The number of alkyl halides is 2. The van der Waals surface area contributed by atoms with Crippen LogP contribution in [0.2, 0.25) is 0 Å². The summed E-state index contributed by atoms with van der Waals surface area (Å²) in [7, 11) is 0. The number of nitrogens with zero attached hydrogens (tertiary/aromatic N) is 2. The summed E-state index contributed by atoms with van der Waals surface area (Å²) in [6.45, 7) is 3.44. The molecule has 0 fully saturated rings. The Balaban J connectivity index is 2.79. The Morgan fingerprint density at radius 1 is 1.50 bits per heavy atom.